The van der Waals surface area contributed by atoms with Crippen LogP contribution in [-0.2, 0) is 5.41 Å². The van der Waals surface area contributed by atoms with Crippen LogP contribution in [0.2, 0.25) is 0 Å². The van der Waals surface area contributed by atoms with Crippen molar-refractivity contribution in [1.82, 2.24) is 10.2 Å². The summed E-state index contributed by atoms with van der Waals surface area (Å²) in [7, 11) is 2.07. The van der Waals surface area contributed by atoms with Gasteiger partial charge in [0.1, 0.15) is 0 Å². The molecule has 0 fully saturated rings. The van der Waals surface area contributed by atoms with Crippen LogP contribution >= 0.6 is 39.9 Å². The van der Waals surface area contributed by atoms with Gasteiger partial charge < -0.3 is 10.2 Å². The van der Waals surface area contributed by atoms with E-state index in [1.54, 1.807) is 0 Å². The van der Waals surface area contributed by atoms with E-state index in [9.17, 15) is 0 Å². The summed E-state index contributed by atoms with van der Waals surface area (Å²) in [6, 6.07) is 8.53. The third-order valence-electron chi connectivity index (χ3n) is 3.37. The first-order chi connectivity index (χ1) is 8.49. The Morgan fingerprint density at radius 2 is 1.95 bits per heavy atom. The van der Waals surface area contributed by atoms with E-state index in [0.717, 1.165) is 30.1 Å². The van der Waals surface area contributed by atoms with Crippen molar-refractivity contribution in [2.45, 2.75) is 19.3 Å². The Bertz CT molecular complexity index is 443. The molecule has 106 valence electrons. The van der Waals surface area contributed by atoms with Gasteiger partial charge in [0.15, 0.2) is 5.96 Å². The molecular formula is C14H21BrIN3. The van der Waals surface area contributed by atoms with Crippen molar-refractivity contribution in [3.8, 4) is 0 Å². The maximum absolute atomic E-state index is 4.45. The highest BCUT2D eigenvalue weighted by Crippen LogP contribution is 2.24. The maximum atomic E-state index is 4.45. The molecule has 2 rings (SSSR count). The van der Waals surface area contributed by atoms with Gasteiger partial charge >= 0.3 is 0 Å². The van der Waals surface area contributed by atoms with Gasteiger partial charge in [0.2, 0.25) is 0 Å². The van der Waals surface area contributed by atoms with Crippen molar-refractivity contribution in [1.29, 1.82) is 0 Å². The van der Waals surface area contributed by atoms with Gasteiger partial charge in [-0.2, -0.15) is 0 Å². The minimum atomic E-state index is 0. The minimum Gasteiger partial charge on any atom is -0.355 e. The molecule has 19 heavy (non-hydrogen) atoms. The smallest absolute Gasteiger partial charge is 0.193 e. The zero-order valence-electron chi connectivity index (χ0n) is 11.6. The lowest BCUT2D eigenvalue weighted by atomic mass is 9.85. The van der Waals surface area contributed by atoms with Gasteiger partial charge in [-0.15, -0.1) is 24.0 Å². The summed E-state index contributed by atoms with van der Waals surface area (Å²) < 4.78 is 1.12. The van der Waals surface area contributed by atoms with Crippen LogP contribution in [0.4, 0.5) is 0 Å². The first-order valence-electron chi connectivity index (χ1n) is 6.24. The van der Waals surface area contributed by atoms with Crippen LogP contribution in [0.25, 0.3) is 0 Å². The molecule has 0 unspecified atom stereocenters. The Hall–Kier alpha value is -0.300. The second-order valence-electron chi connectivity index (χ2n) is 5.37. The van der Waals surface area contributed by atoms with Gasteiger partial charge in [0.25, 0.3) is 0 Å². The lowest BCUT2D eigenvalue weighted by Gasteiger charge is -2.27. The van der Waals surface area contributed by atoms with Gasteiger partial charge in [-0.25, -0.2) is 0 Å². The van der Waals surface area contributed by atoms with Gasteiger partial charge in [-0.3, -0.25) is 4.99 Å². The van der Waals surface area contributed by atoms with Crippen molar-refractivity contribution in [3.63, 3.8) is 0 Å². The van der Waals surface area contributed by atoms with E-state index in [2.05, 4.69) is 76.3 Å². The van der Waals surface area contributed by atoms with Crippen LogP contribution in [0.5, 0.6) is 0 Å². The Morgan fingerprint density at radius 3 is 2.47 bits per heavy atom. The van der Waals surface area contributed by atoms with Crippen molar-refractivity contribution in [2.75, 3.05) is 26.7 Å². The highest BCUT2D eigenvalue weighted by molar-refractivity contribution is 14.0. The molecule has 0 aromatic heterocycles. The fraction of sp³-hybridized carbons (Fsp3) is 0.500. The summed E-state index contributed by atoms with van der Waals surface area (Å²) in [5.74, 6) is 1.01. The van der Waals surface area contributed by atoms with E-state index < -0.39 is 0 Å². The van der Waals surface area contributed by atoms with E-state index in [-0.39, 0.29) is 29.4 Å². The third kappa shape index (κ3) is 4.34. The second kappa shape index (κ2) is 6.92. The second-order valence-corrected chi connectivity index (χ2v) is 6.29. The first-order valence-corrected chi connectivity index (χ1v) is 7.04. The largest absolute Gasteiger partial charge is 0.355 e. The average Bonchev–Trinajstić information content (AvgIpc) is 2.73. The Morgan fingerprint density at radius 1 is 1.32 bits per heavy atom. The zero-order chi connectivity index (χ0) is 13.2. The molecule has 0 bridgehead atoms. The molecule has 0 aliphatic carbocycles. The fourth-order valence-electron chi connectivity index (χ4n) is 2.03. The molecule has 1 aliphatic heterocycles. The number of likely N-dealkylation sites (N-methyl/N-ethyl adjacent to an activating group) is 1. The number of benzene rings is 1. The number of hydrogen-bond donors (Lipinski definition) is 1. The van der Waals surface area contributed by atoms with Crippen molar-refractivity contribution in [2.24, 2.45) is 4.99 Å². The maximum Gasteiger partial charge on any atom is 0.193 e. The fourth-order valence-corrected chi connectivity index (χ4v) is 2.29. The van der Waals surface area contributed by atoms with Gasteiger partial charge in [-0.05, 0) is 17.7 Å². The molecule has 0 saturated heterocycles. The molecular weight excluding hydrogens is 417 g/mol. The predicted octanol–water partition coefficient (Wildman–Crippen LogP) is 3.24. The van der Waals surface area contributed by atoms with Crippen LogP contribution < -0.4 is 5.32 Å². The van der Waals surface area contributed by atoms with Gasteiger partial charge in [0.05, 0.1) is 6.54 Å². The van der Waals surface area contributed by atoms with Crippen molar-refractivity contribution >= 4 is 45.9 Å². The molecule has 1 heterocycles. The number of rotatable bonds is 3. The lowest BCUT2D eigenvalue weighted by Crippen LogP contribution is -2.42. The molecule has 3 nitrogen and oxygen atoms in total. The molecule has 0 amide bonds. The number of hydrogen-bond acceptors (Lipinski definition) is 3. The van der Waals surface area contributed by atoms with Crippen LogP contribution in [0.3, 0.4) is 0 Å². The molecule has 0 radical (unpaired) electrons. The van der Waals surface area contributed by atoms with Crippen LogP contribution in [0.1, 0.15) is 19.4 Å². The number of halogens is 2. The van der Waals surface area contributed by atoms with Crippen molar-refractivity contribution < 1.29 is 0 Å². The minimum absolute atomic E-state index is 0. The molecule has 0 saturated carbocycles. The average molecular weight is 438 g/mol. The highest BCUT2D eigenvalue weighted by Gasteiger charge is 2.22. The van der Waals surface area contributed by atoms with Crippen LogP contribution in [-0.4, -0.2) is 37.5 Å². The molecule has 1 aliphatic rings. The van der Waals surface area contributed by atoms with Crippen LogP contribution in [0, 0.1) is 0 Å². The number of nitrogens with zero attached hydrogens (tertiary/aromatic N) is 2. The van der Waals surface area contributed by atoms with E-state index in [4.69, 9.17) is 0 Å². The van der Waals surface area contributed by atoms with E-state index in [1.807, 2.05) is 0 Å². The Kier molecular flexibility index (Phi) is 6.11. The lowest BCUT2D eigenvalue weighted by molar-refractivity contribution is 0.480. The summed E-state index contributed by atoms with van der Waals surface area (Å²) in [6.07, 6.45) is 0. The van der Waals surface area contributed by atoms with Crippen LogP contribution in [0.15, 0.2) is 33.7 Å². The standard InChI is InChI=1S/C14H20BrN3.HI/c1-14(2,11-4-6-12(15)7-5-11)10-17-13-16-8-9-18(13)3;/h4-7H,8-10H2,1-3H3,(H,16,17);1H. The molecule has 1 N–H and O–H groups in total. The van der Waals surface area contributed by atoms with Gasteiger partial charge in [-0.1, -0.05) is 41.9 Å². The SMILES string of the molecule is CN1CCN=C1NCC(C)(C)c1ccc(Br)cc1.I. The van der Waals surface area contributed by atoms with E-state index >= 15 is 0 Å². The number of guanidine groups is 1. The molecule has 1 aromatic rings. The summed E-state index contributed by atoms with van der Waals surface area (Å²) in [5.41, 5.74) is 1.42. The summed E-state index contributed by atoms with van der Waals surface area (Å²) in [4.78, 5) is 6.62. The van der Waals surface area contributed by atoms with E-state index in [0.29, 0.717) is 0 Å². The number of nitrogens with one attached hydrogen (secondary N) is 1. The summed E-state index contributed by atoms with van der Waals surface area (Å²) in [6.45, 7) is 7.30. The molecule has 0 spiro atoms. The zero-order valence-corrected chi connectivity index (χ0v) is 15.5. The predicted molar refractivity (Wildman–Crippen MR) is 95.5 cm³/mol. The third-order valence-corrected chi connectivity index (χ3v) is 3.90. The molecule has 0 atom stereocenters. The summed E-state index contributed by atoms with van der Waals surface area (Å²) >= 11 is 3.47. The van der Waals surface area contributed by atoms with Crippen molar-refractivity contribution in [3.05, 3.63) is 34.3 Å². The number of aliphatic imine (C=N–C) groups is 1. The Balaban J connectivity index is 0.00000180. The van der Waals surface area contributed by atoms with E-state index in [1.165, 1.54) is 5.56 Å². The normalized spacial score (nSPS) is 14.9. The quantitative estimate of drug-likeness (QED) is 0.735. The molecule has 5 heteroatoms. The molecule has 1 aromatic carbocycles. The first kappa shape index (κ1) is 16.8. The highest BCUT2D eigenvalue weighted by atomic mass is 127. The monoisotopic (exact) mass is 437 g/mol. The topological polar surface area (TPSA) is 27.6 Å². The summed E-state index contributed by atoms with van der Waals surface area (Å²) in [5, 5.41) is 3.45. The van der Waals surface area contributed by atoms with Gasteiger partial charge in [0, 0.05) is 30.0 Å². The Labute approximate surface area is 141 Å².